The van der Waals surface area contributed by atoms with Gasteiger partial charge in [-0.05, 0) is 30.9 Å². The van der Waals surface area contributed by atoms with Crippen molar-refractivity contribution in [2.45, 2.75) is 46.6 Å². The van der Waals surface area contributed by atoms with E-state index in [4.69, 9.17) is 9.84 Å². The second-order valence-electron chi connectivity index (χ2n) is 6.37. The molecule has 2 aromatic rings. The van der Waals surface area contributed by atoms with E-state index < -0.39 is 5.97 Å². The summed E-state index contributed by atoms with van der Waals surface area (Å²) in [5.41, 5.74) is 2.85. The van der Waals surface area contributed by atoms with Crippen molar-refractivity contribution in [2.24, 2.45) is 0 Å². The Hall–Kier alpha value is -1.88. The van der Waals surface area contributed by atoms with Crippen molar-refractivity contribution in [3.63, 3.8) is 0 Å². The molecule has 0 amide bonds. The molecule has 0 spiro atoms. The molecule has 0 aliphatic carbocycles. The minimum absolute atomic E-state index is 0.0215. The van der Waals surface area contributed by atoms with Crippen molar-refractivity contribution in [2.75, 3.05) is 0 Å². The Morgan fingerprint density at radius 1 is 1.32 bits per heavy atom. The lowest BCUT2D eigenvalue weighted by atomic mass is 9.85. The summed E-state index contributed by atoms with van der Waals surface area (Å²) in [7, 11) is 0. The average Bonchev–Trinajstić information content (AvgIpc) is 2.77. The van der Waals surface area contributed by atoms with Crippen LogP contribution in [0.15, 0.2) is 18.2 Å². The van der Waals surface area contributed by atoms with E-state index in [1.54, 1.807) is 6.92 Å². The highest BCUT2D eigenvalue weighted by Crippen LogP contribution is 2.33. The Bertz CT molecular complexity index is 698. The van der Waals surface area contributed by atoms with Gasteiger partial charge in [0.25, 0.3) is 0 Å². The molecule has 1 heterocycles. The number of hydrogen-bond donors (Lipinski definition) is 1. The number of rotatable bonds is 4. The van der Waals surface area contributed by atoms with E-state index in [-0.39, 0.29) is 16.9 Å². The van der Waals surface area contributed by atoms with Crippen LogP contribution in [0.2, 0.25) is 0 Å². The van der Waals surface area contributed by atoms with Crippen LogP contribution < -0.4 is 4.74 Å². The van der Waals surface area contributed by atoms with Gasteiger partial charge in [0.1, 0.15) is 22.2 Å². The fraction of sp³-hybridized carbons (Fsp3) is 0.412. The Morgan fingerprint density at radius 3 is 2.55 bits per heavy atom. The van der Waals surface area contributed by atoms with Crippen molar-refractivity contribution in [1.82, 2.24) is 4.98 Å². The summed E-state index contributed by atoms with van der Waals surface area (Å²) in [5.74, 6) is -0.116. The average molecular weight is 319 g/mol. The highest BCUT2D eigenvalue weighted by Gasteiger charge is 2.20. The second-order valence-corrected chi connectivity index (χ2v) is 7.45. The molecule has 1 aromatic carbocycles. The van der Waals surface area contributed by atoms with Gasteiger partial charge in [-0.15, -0.1) is 11.3 Å². The summed E-state index contributed by atoms with van der Waals surface area (Å²) < 4.78 is 5.91. The minimum atomic E-state index is -0.938. The van der Waals surface area contributed by atoms with Crippen LogP contribution in [0.25, 0.3) is 0 Å². The number of carboxylic acids is 1. The van der Waals surface area contributed by atoms with Crippen molar-refractivity contribution in [1.29, 1.82) is 0 Å². The molecule has 1 aromatic heterocycles. The highest BCUT2D eigenvalue weighted by molar-refractivity contribution is 7.13. The molecule has 5 heteroatoms. The predicted molar refractivity (Wildman–Crippen MR) is 88.0 cm³/mol. The fourth-order valence-electron chi connectivity index (χ4n) is 2.21. The van der Waals surface area contributed by atoms with Gasteiger partial charge in [0.2, 0.25) is 0 Å². The van der Waals surface area contributed by atoms with Crippen molar-refractivity contribution < 1.29 is 14.6 Å². The van der Waals surface area contributed by atoms with Gasteiger partial charge in [0.05, 0.1) is 5.69 Å². The molecule has 118 valence electrons. The van der Waals surface area contributed by atoms with Gasteiger partial charge >= 0.3 is 5.97 Å². The van der Waals surface area contributed by atoms with Gasteiger partial charge in [-0.3, -0.25) is 0 Å². The lowest BCUT2D eigenvalue weighted by molar-refractivity contribution is 0.0701. The normalized spacial score (nSPS) is 11.5. The number of thiazole rings is 1. The van der Waals surface area contributed by atoms with E-state index in [9.17, 15) is 4.79 Å². The van der Waals surface area contributed by atoms with Crippen LogP contribution in [0.3, 0.4) is 0 Å². The van der Waals surface area contributed by atoms with Crippen LogP contribution in [-0.4, -0.2) is 16.1 Å². The van der Waals surface area contributed by atoms with Crippen LogP contribution in [0.5, 0.6) is 5.75 Å². The first-order chi connectivity index (χ1) is 10.2. The first-order valence-electron chi connectivity index (χ1n) is 7.12. The molecule has 0 aliphatic rings. The molecule has 4 nitrogen and oxygen atoms in total. The van der Waals surface area contributed by atoms with Gasteiger partial charge in [0, 0.05) is 0 Å². The molecular formula is C17H21NO3S. The number of nitrogens with zero attached hydrogens (tertiary/aromatic N) is 1. The topological polar surface area (TPSA) is 59.4 Å². The molecule has 2 rings (SSSR count). The molecule has 0 atom stereocenters. The number of aryl methyl sites for hydroxylation is 2. The third-order valence-electron chi connectivity index (χ3n) is 3.33. The van der Waals surface area contributed by atoms with E-state index in [2.05, 4.69) is 38.7 Å². The molecule has 22 heavy (non-hydrogen) atoms. The van der Waals surface area contributed by atoms with E-state index in [1.165, 1.54) is 16.9 Å². The number of hydrogen-bond acceptors (Lipinski definition) is 4. The minimum Gasteiger partial charge on any atom is -0.486 e. The van der Waals surface area contributed by atoms with Crippen molar-refractivity contribution in [3.05, 3.63) is 44.9 Å². The maximum absolute atomic E-state index is 11.1. The van der Waals surface area contributed by atoms with Crippen LogP contribution in [0, 0.1) is 13.8 Å². The standard InChI is InChI=1S/C17H21NO3S/c1-10-6-7-13(12(8-10)17(3,4)5)21-9-14-18-11(2)15(22-14)16(19)20/h6-8H,9H2,1-5H3,(H,19,20). The number of benzene rings is 1. The van der Waals surface area contributed by atoms with Gasteiger partial charge in [-0.1, -0.05) is 38.5 Å². The molecule has 0 saturated heterocycles. The zero-order valence-electron chi connectivity index (χ0n) is 13.6. The Morgan fingerprint density at radius 2 is 2.00 bits per heavy atom. The van der Waals surface area contributed by atoms with Crippen LogP contribution in [-0.2, 0) is 12.0 Å². The molecular weight excluding hydrogens is 298 g/mol. The van der Waals surface area contributed by atoms with Crippen molar-refractivity contribution in [3.8, 4) is 5.75 Å². The van der Waals surface area contributed by atoms with E-state index >= 15 is 0 Å². The SMILES string of the molecule is Cc1ccc(OCc2nc(C)c(C(=O)O)s2)c(C(C)(C)C)c1. The smallest absolute Gasteiger partial charge is 0.347 e. The molecule has 1 N–H and O–H groups in total. The zero-order valence-corrected chi connectivity index (χ0v) is 14.4. The third-order valence-corrected chi connectivity index (χ3v) is 4.45. The Kier molecular flexibility index (Phi) is 4.56. The summed E-state index contributed by atoms with van der Waals surface area (Å²) >= 11 is 1.17. The summed E-state index contributed by atoms with van der Waals surface area (Å²) in [6, 6.07) is 6.11. The first-order valence-corrected chi connectivity index (χ1v) is 7.93. The second kappa shape index (κ2) is 6.08. The summed E-state index contributed by atoms with van der Waals surface area (Å²) in [5, 5.41) is 9.75. The predicted octanol–water partition coefficient (Wildman–Crippen LogP) is 4.33. The molecule has 0 unspecified atom stereocenters. The third kappa shape index (κ3) is 3.65. The first kappa shape index (κ1) is 16.5. The number of carboxylic acid groups (broad SMARTS) is 1. The van der Waals surface area contributed by atoms with Crippen LogP contribution >= 0.6 is 11.3 Å². The molecule has 0 radical (unpaired) electrons. The number of carbonyl (C=O) groups is 1. The van der Waals surface area contributed by atoms with Gasteiger partial charge in [-0.25, -0.2) is 9.78 Å². The van der Waals surface area contributed by atoms with Crippen LogP contribution in [0.1, 0.15) is 52.3 Å². The lowest BCUT2D eigenvalue weighted by Gasteiger charge is -2.23. The van der Waals surface area contributed by atoms with E-state index in [0.29, 0.717) is 10.7 Å². The van der Waals surface area contributed by atoms with Gasteiger partial charge in [-0.2, -0.15) is 0 Å². The maximum Gasteiger partial charge on any atom is 0.347 e. The molecule has 0 aliphatic heterocycles. The lowest BCUT2D eigenvalue weighted by Crippen LogP contribution is -2.13. The Balaban J connectivity index is 2.22. The monoisotopic (exact) mass is 319 g/mol. The quantitative estimate of drug-likeness (QED) is 0.911. The van der Waals surface area contributed by atoms with Gasteiger partial charge < -0.3 is 9.84 Å². The molecule has 0 fully saturated rings. The number of ether oxygens (including phenoxy) is 1. The van der Waals surface area contributed by atoms with Crippen LogP contribution in [0.4, 0.5) is 0 Å². The molecule has 0 bridgehead atoms. The molecule has 0 saturated carbocycles. The van der Waals surface area contributed by atoms with Gasteiger partial charge in [0.15, 0.2) is 0 Å². The maximum atomic E-state index is 11.1. The largest absolute Gasteiger partial charge is 0.486 e. The highest BCUT2D eigenvalue weighted by atomic mass is 32.1. The summed E-state index contributed by atoms with van der Waals surface area (Å²) in [4.78, 5) is 15.6. The number of aromatic carboxylic acids is 1. The fourth-order valence-corrected chi connectivity index (χ4v) is 3.02. The zero-order chi connectivity index (χ0) is 16.5. The van der Waals surface area contributed by atoms with Crippen molar-refractivity contribution >= 4 is 17.3 Å². The summed E-state index contributed by atoms with van der Waals surface area (Å²) in [6.07, 6.45) is 0. The van der Waals surface area contributed by atoms with E-state index in [1.807, 2.05) is 12.1 Å². The Labute approximate surface area is 134 Å². The summed E-state index contributed by atoms with van der Waals surface area (Å²) in [6.45, 7) is 10.5. The van der Waals surface area contributed by atoms with E-state index in [0.717, 1.165) is 11.3 Å². The number of aromatic nitrogens is 1.